The fourth-order valence-electron chi connectivity index (χ4n) is 4.00. The number of carbonyl (C=O) groups is 3. The first-order valence-corrected chi connectivity index (χ1v) is 13.4. The molecule has 1 aromatic heterocycles. The molecule has 44 heavy (non-hydrogen) atoms. The van der Waals surface area contributed by atoms with Crippen molar-refractivity contribution in [3.8, 4) is 11.1 Å². The number of carbonyl (C=O) groups excluding carboxylic acids is 1. The molecule has 0 aliphatic carbocycles. The van der Waals surface area contributed by atoms with Crippen molar-refractivity contribution in [1.82, 2.24) is 9.88 Å². The molecule has 1 heterocycles. The van der Waals surface area contributed by atoms with Gasteiger partial charge in [0.05, 0.1) is 6.54 Å². The maximum Gasteiger partial charge on any atom is 0.490 e. The topological polar surface area (TPSA) is 190 Å². The highest BCUT2D eigenvalue weighted by atomic mass is 19.4. The van der Waals surface area contributed by atoms with Crippen LogP contribution in [0.5, 0.6) is 0 Å². The first kappa shape index (κ1) is 35.1. The van der Waals surface area contributed by atoms with Gasteiger partial charge in [-0.05, 0) is 53.1 Å². The Labute approximate surface area is 251 Å². The highest BCUT2D eigenvalue weighted by Gasteiger charge is 2.38. The van der Waals surface area contributed by atoms with Crippen LogP contribution in [-0.4, -0.2) is 57.3 Å². The molecular formula is C30H34F3N5O6. The van der Waals surface area contributed by atoms with E-state index in [4.69, 9.17) is 21.4 Å². The number of alkyl halides is 3. The van der Waals surface area contributed by atoms with Gasteiger partial charge in [0.2, 0.25) is 0 Å². The van der Waals surface area contributed by atoms with Crippen molar-refractivity contribution in [2.45, 2.75) is 51.4 Å². The Morgan fingerprint density at radius 1 is 0.977 bits per heavy atom. The lowest BCUT2D eigenvalue weighted by Crippen LogP contribution is -2.43. The molecule has 2 aromatic carbocycles. The number of aliphatic carboxylic acids is 2. The molecule has 0 aliphatic heterocycles. The van der Waals surface area contributed by atoms with Crippen molar-refractivity contribution in [2.75, 3.05) is 6.54 Å². The molecule has 0 saturated carbocycles. The third-order valence-electron chi connectivity index (χ3n) is 6.30. The van der Waals surface area contributed by atoms with Crippen LogP contribution in [-0.2, 0) is 16.1 Å². The third kappa shape index (κ3) is 10.6. The molecule has 3 aromatic rings. The molecule has 7 N–H and O–H groups in total. The smallest absolute Gasteiger partial charge is 0.480 e. The molecule has 1 atom stereocenters. The van der Waals surface area contributed by atoms with E-state index in [1.807, 2.05) is 24.3 Å². The monoisotopic (exact) mass is 617 g/mol. The lowest BCUT2D eigenvalue weighted by atomic mass is 9.96. The van der Waals surface area contributed by atoms with Gasteiger partial charge in [0.15, 0.2) is 5.96 Å². The number of carboxylic acids is 2. The minimum absolute atomic E-state index is 0.0881. The van der Waals surface area contributed by atoms with Crippen molar-refractivity contribution >= 4 is 23.8 Å². The number of guanidine groups is 1. The van der Waals surface area contributed by atoms with Crippen molar-refractivity contribution in [3.05, 3.63) is 93.9 Å². The summed E-state index contributed by atoms with van der Waals surface area (Å²) in [6.07, 6.45) is -3.01. The molecule has 0 unspecified atom stereocenters. The van der Waals surface area contributed by atoms with E-state index in [0.717, 1.165) is 16.7 Å². The average Bonchev–Trinajstić information content (AvgIpc) is 2.95. The van der Waals surface area contributed by atoms with Gasteiger partial charge >= 0.3 is 18.1 Å². The zero-order valence-electron chi connectivity index (χ0n) is 24.0. The van der Waals surface area contributed by atoms with E-state index >= 15 is 0 Å². The minimum Gasteiger partial charge on any atom is -0.480 e. The van der Waals surface area contributed by atoms with Gasteiger partial charge in [-0.15, -0.1) is 0 Å². The Hall–Kier alpha value is -5.14. The zero-order chi connectivity index (χ0) is 33.0. The van der Waals surface area contributed by atoms with Gasteiger partial charge in [0.1, 0.15) is 11.6 Å². The number of hydrogen-bond donors (Lipinski definition) is 5. The summed E-state index contributed by atoms with van der Waals surface area (Å²) in [4.78, 5) is 50.4. The number of hydrogen-bond acceptors (Lipinski definition) is 5. The first-order valence-electron chi connectivity index (χ1n) is 13.4. The van der Waals surface area contributed by atoms with Gasteiger partial charge in [-0.25, -0.2) is 9.59 Å². The number of benzene rings is 2. The lowest BCUT2D eigenvalue weighted by Gasteiger charge is -2.15. The van der Waals surface area contributed by atoms with Gasteiger partial charge in [-0.1, -0.05) is 62.4 Å². The van der Waals surface area contributed by atoms with Gasteiger partial charge in [0, 0.05) is 12.7 Å². The molecule has 236 valence electrons. The number of pyridine rings is 1. The molecule has 0 fully saturated rings. The molecule has 0 bridgehead atoms. The maximum absolute atomic E-state index is 13.2. The maximum atomic E-state index is 13.2. The van der Waals surface area contributed by atoms with Crippen LogP contribution >= 0.6 is 0 Å². The Morgan fingerprint density at radius 2 is 1.59 bits per heavy atom. The summed E-state index contributed by atoms with van der Waals surface area (Å²) in [6, 6.07) is 18.0. The normalized spacial score (nSPS) is 11.6. The van der Waals surface area contributed by atoms with E-state index in [-0.39, 0.29) is 31.0 Å². The molecule has 0 aliphatic rings. The fourth-order valence-corrected chi connectivity index (χ4v) is 4.00. The number of carboxylic acid groups (broad SMARTS) is 2. The summed E-state index contributed by atoms with van der Waals surface area (Å²) in [5.41, 5.74) is 14.1. The van der Waals surface area contributed by atoms with Crippen LogP contribution in [0.1, 0.15) is 54.1 Å². The molecule has 0 spiro atoms. The van der Waals surface area contributed by atoms with Crippen molar-refractivity contribution in [2.24, 2.45) is 16.5 Å². The Morgan fingerprint density at radius 3 is 2.14 bits per heavy atom. The number of aromatic nitrogens is 1. The van der Waals surface area contributed by atoms with E-state index in [1.165, 1.54) is 16.2 Å². The first-order chi connectivity index (χ1) is 20.6. The van der Waals surface area contributed by atoms with Gasteiger partial charge in [-0.2, -0.15) is 13.2 Å². The lowest BCUT2D eigenvalue weighted by molar-refractivity contribution is -0.192. The molecule has 3 rings (SSSR count). The number of rotatable bonds is 11. The Bertz CT molecular complexity index is 1530. The molecule has 0 radical (unpaired) electrons. The second-order valence-corrected chi connectivity index (χ2v) is 9.90. The van der Waals surface area contributed by atoms with Gasteiger partial charge in [-0.3, -0.25) is 14.6 Å². The number of halogens is 3. The van der Waals surface area contributed by atoms with Crippen LogP contribution in [0.2, 0.25) is 0 Å². The summed E-state index contributed by atoms with van der Waals surface area (Å²) in [5.74, 6) is -4.36. The molecular weight excluding hydrogens is 583 g/mol. The molecule has 14 heteroatoms. The predicted octanol–water partition coefficient (Wildman–Crippen LogP) is 3.56. The standard InChI is InChI=1S/C28H33N5O4.C2HF3O2/c1-18(2)19-11-13-20(14-12-19)22-8-4-3-7-21(22)17-33-16-6-9-23(26(33)35)25(34)32-24(27(36)37)10-5-15-31-28(29)30;3-2(4,5)1(6)7/h3-4,6-9,11-14,16,18,24H,5,10,15,17H2,1-2H3,(H,32,34)(H,36,37)(H4,29,30,31);(H,6,7)/t24-;/m0./s1. The van der Waals surface area contributed by atoms with Crippen molar-refractivity contribution in [1.29, 1.82) is 0 Å². The second-order valence-electron chi connectivity index (χ2n) is 9.90. The largest absolute Gasteiger partial charge is 0.490 e. The van der Waals surface area contributed by atoms with E-state index in [2.05, 4.69) is 48.4 Å². The van der Waals surface area contributed by atoms with Crippen LogP contribution in [0.25, 0.3) is 11.1 Å². The minimum atomic E-state index is -5.08. The molecule has 0 saturated heterocycles. The highest BCUT2D eigenvalue weighted by molar-refractivity contribution is 5.96. The molecule has 11 nitrogen and oxygen atoms in total. The summed E-state index contributed by atoms with van der Waals surface area (Å²) in [5, 5.41) is 19.1. The number of aliphatic imine (C=N–C) groups is 1. The number of nitrogens with zero attached hydrogens (tertiary/aromatic N) is 2. The number of nitrogens with two attached hydrogens (primary N) is 2. The number of amides is 1. The van der Waals surface area contributed by atoms with Crippen LogP contribution in [0.4, 0.5) is 13.2 Å². The van der Waals surface area contributed by atoms with Crippen LogP contribution in [0, 0.1) is 0 Å². The quantitative estimate of drug-likeness (QED) is 0.123. The summed E-state index contributed by atoms with van der Waals surface area (Å²) >= 11 is 0. The van der Waals surface area contributed by atoms with Gasteiger partial charge < -0.3 is 31.6 Å². The predicted molar refractivity (Wildman–Crippen MR) is 158 cm³/mol. The average molecular weight is 618 g/mol. The van der Waals surface area contributed by atoms with E-state index < -0.39 is 35.6 Å². The summed E-state index contributed by atoms with van der Waals surface area (Å²) in [6.45, 7) is 4.77. The van der Waals surface area contributed by atoms with E-state index in [0.29, 0.717) is 12.3 Å². The van der Waals surface area contributed by atoms with Crippen molar-refractivity contribution < 1.29 is 37.8 Å². The van der Waals surface area contributed by atoms with E-state index in [1.54, 1.807) is 12.3 Å². The fraction of sp³-hybridized carbons (Fsp3) is 0.300. The van der Waals surface area contributed by atoms with Crippen molar-refractivity contribution in [3.63, 3.8) is 0 Å². The Kier molecular flexibility index (Phi) is 12.7. The van der Waals surface area contributed by atoms with Crippen LogP contribution < -0.4 is 22.3 Å². The van der Waals surface area contributed by atoms with Gasteiger partial charge in [0.25, 0.3) is 11.5 Å². The second kappa shape index (κ2) is 15.9. The van der Waals surface area contributed by atoms with Crippen LogP contribution in [0.3, 0.4) is 0 Å². The molecule has 1 amide bonds. The Balaban J connectivity index is 0.000000860. The third-order valence-corrected chi connectivity index (χ3v) is 6.30. The summed E-state index contributed by atoms with van der Waals surface area (Å²) < 4.78 is 33.2. The van der Waals surface area contributed by atoms with Crippen LogP contribution in [0.15, 0.2) is 76.6 Å². The SMILES string of the molecule is CC(C)c1ccc(-c2ccccc2Cn2cccc(C(=O)N[C@@H](CCCN=C(N)N)C(=O)O)c2=O)cc1.O=C(O)C(F)(F)F. The summed E-state index contributed by atoms with van der Waals surface area (Å²) in [7, 11) is 0. The zero-order valence-corrected chi connectivity index (χ0v) is 24.0. The van der Waals surface area contributed by atoms with E-state index in [9.17, 15) is 32.7 Å². The number of nitrogens with one attached hydrogen (secondary N) is 1. The highest BCUT2D eigenvalue weighted by Crippen LogP contribution is 2.26.